The number of carbonyl (C=O) groups is 2. The number of sulfonamides is 1. The first-order chi connectivity index (χ1) is 12.8. The van der Waals surface area contributed by atoms with Gasteiger partial charge in [0.15, 0.2) is 6.61 Å². The number of nitrogens with one attached hydrogen (secondary N) is 1. The molecule has 0 spiro atoms. The number of nitrogens with zero attached hydrogens (tertiary/aromatic N) is 1. The molecule has 0 fully saturated rings. The smallest absolute Gasteiger partial charge is 0.338 e. The number of benzene rings is 1. The molecule has 2 rings (SSSR count). The predicted molar refractivity (Wildman–Crippen MR) is 102 cm³/mol. The molecule has 0 radical (unpaired) electrons. The summed E-state index contributed by atoms with van der Waals surface area (Å²) in [6.45, 7) is 0.162. The molecule has 0 bridgehead atoms. The fourth-order valence-electron chi connectivity index (χ4n) is 2.73. The van der Waals surface area contributed by atoms with Gasteiger partial charge in [-0.3, -0.25) is 4.79 Å². The molecular weight excluding hydrogens is 368 g/mol. The molecule has 1 amide bonds. The van der Waals surface area contributed by atoms with Gasteiger partial charge in [-0.25, -0.2) is 17.5 Å². The van der Waals surface area contributed by atoms with Crippen molar-refractivity contribution in [1.29, 1.82) is 0 Å². The lowest BCUT2D eigenvalue weighted by Crippen LogP contribution is -2.29. The van der Waals surface area contributed by atoms with Gasteiger partial charge in [0.25, 0.3) is 5.91 Å². The fourth-order valence-corrected chi connectivity index (χ4v) is 3.64. The highest BCUT2D eigenvalue weighted by Crippen LogP contribution is 2.19. The first kappa shape index (κ1) is 21.1. The molecule has 1 aliphatic carbocycles. The summed E-state index contributed by atoms with van der Waals surface area (Å²) < 4.78 is 30.1. The largest absolute Gasteiger partial charge is 0.452 e. The van der Waals surface area contributed by atoms with Crippen LogP contribution in [0, 0.1) is 0 Å². The van der Waals surface area contributed by atoms with Crippen molar-refractivity contribution in [1.82, 2.24) is 9.62 Å². The van der Waals surface area contributed by atoms with Gasteiger partial charge in [-0.15, -0.1) is 0 Å². The van der Waals surface area contributed by atoms with Gasteiger partial charge in [0.05, 0.1) is 10.5 Å². The van der Waals surface area contributed by atoms with E-state index in [2.05, 4.69) is 11.4 Å². The number of hydrogen-bond acceptors (Lipinski definition) is 5. The summed E-state index contributed by atoms with van der Waals surface area (Å²) in [5, 5.41) is 2.74. The van der Waals surface area contributed by atoms with Crippen LogP contribution in [0.5, 0.6) is 0 Å². The minimum absolute atomic E-state index is 0.0822. The molecule has 0 atom stereocenters. The van der Waals surface area contributed by atoms with Crippen LogP contribution in [-0.4, -0.2) is 51.8 Å². The van der Waals surface area contributed by atoms with Gasteiger partial charge in [0, 0.05) is 20.6 Å². The van der Waals surface area contributed by atoms with Crippen LogP contribution >= 0.6 is 0 Å². The molecule has 8 heteroatoms. The Bertz CT molecular complexity index is 798. The van der Waals surface area contributed by atoms with E-state index in [9.17, 15) is 18.0 Å². The minimum atomic E-state index is -3.55. The molecule has 7 nitrogen and oxygen atoms in total. The second kappa shape index (κ2) is 9.66. The summed E-state index contributed by atoms with van der Waals surface area (Å²) in [5.74, 6) is -1.03. The Morgan fingerprint density at radius 3 is 2.44 bits per heavy atom. The van der Waals surface area contributed by atoms with E-state index < -0.39 is 16.0 Å². The summed E-state index contributed by atoms with van der Waals surface area (Å²) in [6.07, 6.45) is 7.68. The van der Waals surface area contributed by atoms with Crippen LogP contribution in [0.2, 0.25) is 0 Å². The SMILES string of the molecule is CN(C)S(=O)(=O)c1ccc(C(=O)OCC(=O)NCCC2=CCCCC2)cc1. The summed E-state index contributed by atoms with van der Waals surface area (Å²) in [6, 6.07) is 5.41. The Morgan fingerprint density at radius 2 is 1.85 bits per heavy atom. The zero-order valence-electron chi connectivity index (χ0n) is 15.7. The lowest BCUT2D eigenvalue weighted by molar-refractivity contribution is -0.124. The van der Waals surface area contributed by atoms with Crippen molar-refractivity contribution in [2.24, 2.45) is 0 Å². The van der Waals surface area contributed by atoms with Crippen molar-refractivity contribution in [2.75, 3.05) is 27.2 Å². The summed E-state index contributed by atoms with van der Waals surface area (Å²) in [4.78, 5) is 23.9. The maximum absolute atomic E-state index is 12.0. The van der Waals surface area contributed by atoms with Crippen molar-refractivity contribution in [2.45, 2.75) is 37.0 Å². The van der Waals surface area contributed by atoms with Gasteiger partial charge in [-0.1, -0.05) is 11.6 Å². The average Bonchev–Trinajstić information content (AvgIpc) is 2.67. The van der Waals surface area contributed by atoms with E-state index in [1.165, 1.54) is 56.8 Å². The minimum Gasteiger partial charge on any atom is -0.452 e. The number of ether oxygens (including phenoxy) is 1. The van der Waals surface area contributed by atoms with E-state index in [4.69, 9.17) is 4.74 Å². The normalized spacial score (nSPS) is 14.6. The van der Waals surface area contributed by atoms with Crippen LogP contribution < -0.4 is 5.32 Å². The summed E-state index contributed by atoms with van der Waals surface area (Å²) in [5.41, 5.74) is 1.55. The Balaban J connectivity index is 1.77. The van der Waals surface area contributed by atoms with Crippen molar-refractivity contribution < 1.29 is 22.7 Å². The Hall–Kier alpha value is -2.19. The van der Waals surface area contributed by atoms with Gasteiger partial charge in [0.2, 0.25) is 10.0 Å². The number of esters is 1. The number of amides is 1. The van der Waals surface area contributed by atoms with E-state index in [1.54, 1.807) is 0 Å². The van der Waals surface area contributed by atoms with Crippen LogP contribution in [0.4, 0.5) is 0 Å². The lowest BCUT2D eigenvalue weighted by atomic mass is 9.97. The highest BCUT2D eigenvalue weighted by molar-refractivity contribution is 7.89. The third kappa shape index (κ3) is 6.18. The van der Waals surface area contributed by atoms with E-state index >= 15 is 0 Å². The second-order valence-corrected chi connectivity index (χ2v) is 8.75. The zero-order chi connectivity index (χ0) is 19.9. The zero-order valence-corrected chi connectivity index (χ0v) is 16.5. The standard InChI is InChI=1S/C19H26N2O5S/c1-21(2)27(24,25)17-10-8-16(9-11-17)19(23)26-14-18(22)20-13-12-15-6-4-3-5-7-15/h6,8-11H,3-5,7,12-14H2,1-2H3,(H,20,22). The highest BCUT2D eigenvalue weighted by Gasteiger charge is 2.18. The van der Waals surface area contributed by atoms with Crippen molar-refractivity contribution in [3.63, 3.8) is 0 Å². The topological polar surface area (TPSA) is 92.8 Å². The monoisotopic (exact) mass is 394 g/mol. The van der Waals surface area contributed by atoms with Gasteiger partial charge in [-0.2, -0.15) is 0 Å². The number of hydrogen-bond donors (Lipinski definition) is 1. The molecule has 27 heavy (non-hydrogen) atoms. The van der Waals surface area contributed by atoms with Crippen molar-refractivity contribution in [3.8, 4) is 0 Å². The Kier molecular flexibility index (Phi) is 7.55. The number of rotatable bonds is 8. The van der Waals surface area contributed by atoms with E-state index in [0.29, 0.717) is 6.54 Å². The molecule has 0 aromatic heterocycles. The maximum atomic E-state index is 12.0. The van der Waals surface area contributed by atoms with Crippen LogP contribution in [0.1, 0.15) is 42.5 Å². The van der Waals surface area contributed by atoms with Gasteiger partial charge in [-0.05, 0) is 56.4 Å². The first-order valence-corrected chi connectivity index (χ1v) is 10.4. The molecule has 1 aromatic rings. The average molecular weight is 394 g/mol. The maximum Gasteiger partial charge on any atom is 0.338 e. The van der Waals surface area contributed by atoms with E-state index in [0.717, 1.165) is 23.6 Å². The molecule has 1 aromatic carbocycles. The van der Waals surface area contributed by atoms with Crippen LogP contribution in [0.25, 0.3) is 0 Å². The Labute approximate surface area is 160 Å². The van der Waals surface area contributed by atoms with Gasteiger partial charge in [0.1, 0.15) is 0 Å². The predicted octanol–water partition coefficient (Wildman–Crippen LogP) is 2.10. The molecule has 0 unspecified atom stereocenters. The number of allylic oxidation sites excluding steroid dienone is 1. The Morgan fingerprint density at radius 1 is 1.15 bits per heavy atom. The first-order valence-electron chi connectivity index (χ1n) is 8.95. The summed E-state index contributed by atoms with van der Waals surface area (Å²) >= 11 is 0. The molecule has 1 N–H and O–H groups in total. The molecule has 0 saturated heterocycles. The summed E-state index contributed by atoms with van der Waals surface area (Å²) in [7, 11) is -0.689. The number of carbonyl (C=O) groups excluding carboxylic acids is 2. The van der Waals surface area contributed by atoms with E-state index in [-0.39, 0.29) is 23.0 Å². The van der Waals surface area contributed by atoms with Crippen LogP contribution in [0.15, 0.2) is 40.8 Å². The molecule has 0 heterocycles. The third-order valence-corrected chi connectivity index (χ3v) is 6.19. The molecule has 148 valence electrons. The quantitative estimate of drug-likeness (QED) is 0.538. The van der Waals surface area contributed by atoms with Crippen LogP contribution in [0.3, 0.4) is 0 Å². The lowest BCUT2D eigenvalue weighted by Gasteiger charge is -2.13. The molecule has 0 saturated carbocycles. The molecule has 0 aliphatic heterocycles. The highest BCUT2D eigenvalue weighted by atomic mass is 32.2. The van der Waals surface area contributed by atoms with Crippen LogP contribution in [-0.2, 0) is 19.6 Å². The van der Waals surface area contributed by atoms with Crippen molar-refractivity contribution >= 4 is 21.9 Å². The van der Waals surface area contributed by atoms with Gasteiger partial charge < -0.3 is 10.1 Å². The third-order valence-electron chi connectivity index (χ3n) is 4.36. The molecule has 1 aliphatic rings. The second-order valence-electron chi connectivity index (χ2n) is 6.60. The van der Waals surface area contributed by atoms with Crippen molar-refractivity contribution in [3.05, 3.63) is 41.5 Å². The molecular formula is C19H26N2O5S. The fraction of sp³-hybridized carbons (Fsp3) is 0.474. The van der Waals surface area contributed by atoms with Gasteiger partial charge >= 0.3 is 5.97 Å². The van der Waals surface area contributed by atoms with E-state index in [1.807, 2.05) is 0 Å².